The summed E-state index contributed by atoms with van der Waals surface area (Å²) in [6, 6.07) is 5.77. The Morgan fingerprint density at radius 3 is 2.44 bits per heavy atom. The molecule has 0 fully saturated rings. The maximum absolute atomic E-state index is 10.3. The van der Waals surface area contributed by atoms with Gasteiger partial charge < -0.3 is 10.8 Å². The average Bonchev–Trinajstić information content (AvgIpc) is 2.30. The van der Waals surface area contributed by atoms with Crippen molar-refractivity contribution in [2.75, 3.05) is 6.54 Å². The van der Waals surface area contributed by atoms with Gasteiger partial charge in [-0.1, -0.05) is 19.9 Å². The van der Waals surface area contributed by atoms with Crippen LogP contribution in [0.1, 0.15) is 31.9 Å². The van der Waals surface area contributed by atoms with Crippen LogP contribution in [0, 0.1) is 5.41 Å². The van der Waals surface area contributed by atoms with Gasteiger partial charge in [0.2, 0.25) is 0 Å². The third kappa shape index (κ3) is 2.86. The van der Waals surface area contributed by atoms with Gasteiger partial charge in [0.15, 0.2) is 0 Å². The van der Waals surface area contributed by atoms with Crippen molar-refractivity contribution < 1.29 is 5.11 Å². The summed E-state index contributed by atoms with van der Waals surface area (Å²) >= 11 is 6.85. The van der Waals surface area contributed by atoms with Gasteiger partial charge in [0, 0.05) is 20.9 Å². The lowest BCUT2D eigenvalue weighted by atomic mass is 9.78. The van der Waals surface area contributed by atoms with Crippen LogP contribution in [0.15, 0.2) is 27.1 Å². The van der Waals surface area contributed by atoms with E-state index in [9.17, 15) is 5.11 Å². The van der Waals surface area contributed by atoms with E-state index in [0.29, 0.717) is 6.54 Å². The maximum Gasteiger partial charge on any atom is 0.0855 e. The van der Waals surface area contributed by atoms with Gasteiger partial charge in [0.25, 0.3) is 0 Å². The summed E-state index contributed by atoms with van der Waals surface area (Å²) in [7, 11) is 0. The average molecular weight is 351 g/mol. The lowest BCUT2D eigenvalue weighted by molar-refractivity contribution is 0.0391. The summed E-state index contributed by atoms with van der Waals surface area (Å²) in [5.41, 5.74) is 6.37. The number of hydrogen-bond acceptors (Lipinski definition) is 2. The van der Waals surface area contributed by atoms with Gasteiger partial charge in [0.05, 0.1) is 6.10 Å². The highest BCUT2D eigenvalue weighted by molar-refractivity contribution is 9.13. The molecule has 3 N–H and O–H groups in total. The Hall–Kier alpha value is 0.1000. The lowest BCUT2D eigenvalue weighted by Crippen LogP contribution is -2.33. The SMILES string of the molecule is CCC(C)(CN)C(O)c1ccc(Br)c(Br)c1. The minimum Gasteiger partial charge on any atom is -0.388 e. The van der Waals surface area contributed by atoms with Crippen molar-refractivity contribution in [1.29, 1.82) is 0 Å². The van der Waals surface area contributed by atoms with Crippen molar-refractivity contribution in [3.8, 4) is 0 Å². The van der Waals surface area contributed by atoms with Gasteiger partial charge in [0.1, 0.15) is 0 Å². The van der Waals surface area contributed by atoms with Crippen molar-refractivity contribution in [2.45, 2.75) is 26.4 Å². The molecule has 0 saturated carbocycles. The first kappa shape index (κ1) is 14.2. The largest absolute Gasteiger partial charge is 0.388 e. The number of aliphatic hydroxyl groups excluding tert-OH is 1. The smallest absolute Gasteiger partial charge is 0.0855 e. The van der Waals surface area contributed by atoms with E-state index in [0.717, 1.165) is 20.9 Å². The van der Waals surface area contributed by atoms with Gasteiger partial charge in [-0.3, -0.25) is 0 Å². The fraction of sp³-hybridized carbons (Fsp3) is 0.500. The Morgan fingerprint density at radius 1 is 1.38 bits per heavy atom. The highest BCUT2D eigenvalue weighted by Gasteiger charge is 2.31. The predicted molar refractivity (Wildman–Crippen MR) is 74.3 cm³/mol. The molecule has 0 aliphatic rings. The van der Waals surface area contributed by atoms with Crippen molar-refractivity contribution in [3.05, 3.63) is 32.7 Å². The second-order valence-electron chi connectivity index (χ2n) is 4.29. The molecular formula is C12H17Br2NO. The van der Waals surface area contributed by atoms with Crippen molar-refractivity contribution in [3.63, 3.8) is 0 Å². The summed E-state index contributed by atoms with van der Waals surface area (Å²) in [5.74, 6) is 0. The Morgan fingerprint density at radius 2 is 2.00 bits per heavy atom. The number of nitrogens with two attached hydrogens (primary N) is 1. The molecule has 0 spiro atoms. The van der Waals surface area contributed by atoms with E-state index in [1.807, 2.05) is 32.0 Å². The number of rotatable bonds is 4. The van der Waals surface area contributed by atoms with Crippen LogP contribution < -0.4 is 5.73 Å². The standard InChI is InChI=1S/C12H17Br2NO/c1-3-12(2,7-15)11(16)8-4-5-9(13)10(14)6-8/h4-6,11,16H,3,7,15H2,1-2H3. The Balaban J connectivity index is 3.04. The molecule has 0 saturated heterocycles. The van der Waals surface area contributed by atoms with E-state index >= 15 is 0 Å². The van der Waals surface area contributed by atoms with Crippen LogP contribution in [-0.2, 0) is 0 Å². The fourth-order valence-corrected chi connectivity index (χ4v) is 2.18. The quantitative estimate of drug-likeness (QED) is 0.871. The summed E-state index contributed by atoms with van der Waals surface area (Å²) in [6.07, 6.45) is 0.310. The van der Waals surface area contributed by atoms with Crippen LogP contribution in [-0.4, -0.2) is 11.7 Å². The van der Waals surface area contributed by atoms with Crippen molar-refractivity contribution in [1.82, 2.24) is 0 Å². The van der Waals surface area contributed by atoms with Gasteiger partial charge >= 0.3 is 0 Å². The Bertz CT molecular complexity index is 364. The zero-order valence-electron chi connectivity index (χ0n) is 9.50. The molecular weight excluding hydrogens is 334 g/mol. The minimum atomic E-state index is -0.535. The van der Waals surface area contributed by atoms with Crippen LogP contribution in [0.2, 0.25) is 0 Å². The van der Waals surface area contributed by atoms with E-state index in [1.54, 1.807) is 0 Å². The second kappa shape index (κ2) is 5.63. The number of halogens is 2. The van der Waals surface area contributed by atoms with Crippen molar-refractivity contribution in [2.24, 2.45) is 11.1 Å². The molecule has 4 heteroatoms. The third-order valence-corrected chi connectivity index (χ3v) is 5.07. The highest BCUT2D eigenvalue weighted by Crippen LogP contribution is 2.37. The van der Waals surface area contributed by atoms with E-state index in [2.05, 4.69) is 31.9 Å². The number of hydrogen-bond donors (Lipinski definition) is 2. The van der Waals surface area contributed by atoms with E-state index < -0.39 is 6.10 Å². The molecule has 1 rings (SSSR count). The molecule has 0 aliphatic carbocycles. The van der Waals surface area contributed by atoms with Crippen molar-refractivity contribution >= 4 is 31.9 Å². The minimum absolute atomic E-state index is 0.271. The summed E-state index contributed by atoms with van der Waals surface area (Å²) < 4.78 is 1.92. The van der Waals surface area contributed by atoms with Gasteiger partial charge in [-0.15, -0.1) is 0 Å². The molecule has 16 heavy (non-hydrogen) atoms. The zero-order valence-corrected chi connectivity index (χ0v) is 12.7. The maximum atomic E-state index is 10.3. The molecule has 0 amide bonds. The number of aliphatic hydroxyl groups is 1. The monoisotopic (exact) mass is 349 g/mol. The van der Waals surface area contributed by atoms with E-state index in [1.165, 1.54) is 0 Å². The topological polar surface area (TPSA) is 46.2 Å². The Kier molecular flexibility index (Phi) is 4.98. The molecule has 2 unspecified atom stereocenters. The van der Waals surface area contributed by atoms with E-state index in [-0.39, 0.29) is 5.41 Å². The number of benzene rings is 1. The molecule has 2 nitrogen and oxygen atoms in total. The summed E-state index contributed by atoms with van der Waals surface area (Å²) in [4.78, 5) is 0. The van der Waals surface area contributed by atoms with Crippen LogP contribution in [0.25, 0.3) is 0 Å². The lowest BCUT2D eigenvalue weighted by Gasteiger charge is -2.32. The molecule has 0 aliphatic heterocycles. The third-order valence-electron chi connectivity index (χ3n) is 3.19. The molecule has 0 aromatic heterocycles. The molecule has 0 bridgehead atoms. The van der Waals surface area contributed by atoms with Gasteiger partial charge in [-0.05, 0) is 56.0 Å². The van der Waals surface area contributed by atoms with Crippen LogP contribution in [0.3, 0.4) is 0 Å². The first-order valence-electron chi connectivity index (χ1n) is 5.27. The predicted octanol–water partition coefficient (Wildman–Crippen LogP) is 3.62. The first-order chi connectivity index (χ1) is 7.44. The zero-order chi connectivity index (χ0) is 12.3. The highest BCUT2D eigenvalue weighted by atomic mass is 79.9. The van der Waals surface area contributed by atoms with Crippen LogP contribution >= 0.6 is 31.9 Å². The Labute approximate surface area is 113 Å². The molecule has 0 radical (unpaired) electrons. The molecule has 1 aromatic rings. The van der Waals surface area contributed by atoms with Crippen LogP contribution in [0.4, 0.5) is 0 Å². The molecule has 1 aromatic carbocycles. The van der Waals surface area contributed by atoms with E-state index in [4.69, 9.17) is 5.73 Å². The second-order valence-corrected chi connectivity index (χ2v) is 6.00. The van der Waals surface area contributed by atoms with Crippen LogP contribution in [0.5, 0.6) is 0 Å². The first-order valence-corrected chi connectivity index (χ1v) is 6.86. The molecule has 2 atom stereocenters. The fourth-order valence-electron chi connectivity index (χ4n) is 1.53. The normalized spacial score (nSPS) is 16.9. The summed E-state index contributed by atoms with van der Waals surface area (Å²) in [6.45, 7) is 4.52. The molecule has 90 valence electrons. The molecule has 0 heterocycles. The van der Waals surface area contributed by atoms with Gasteiger partial charge in [-0.2, -0.15) is 0 Å². The van der Waals surface area contributed by atoms with Gasteiger partial charge in [-0.25, -0.2) is 0 Å². The summed E-state index contributed by atoms with van der Waals surface area (Å²) in [5, 5.41) is 10.3.